The average molecular weight is 473 g/mol. The lowest BCUT2D eigenvalue weighted by Gasteiger charge is -2.19. The quantitative estimate of drug-likeness (QED) is 0.350. The second-order valence-electron chi connectivity index (χ2n) is 9.72. The number of rotatable bonds is 6. The predicted molar refractivity (Wildman–Crippen MR) is 139 cm³/mol. The van der Waals surface area contributed by atoms with Crippen LogP contribution in [0, 0.1) is 0 Å². The summed E-state index contributed by atoms with van der Waals surface area (Å²) >= 11 is 0. The van der Waals surface area contributed by atoms with Crippen molar-refractivity contribution in [3.8, 4) is 16.9 Å². The van der Waals surface area contributed by atoms with E-state index in [4.69, 9.17) is 10.5 Å². The number of aliphatic hydroxyl groups excluding tert-OH is 1. The number of aromatic nitrogens is 1. The van der Waals surface area contributed by atoms with Gasteiger partial charge in [0.2, 0.25) is 0 Å². The first kappa shape index (κ1) is 24.5. The Balaban J connectivity index is 1.84. The maximum absolute atomic E-state index is 13.0. The van der Waals surface area contributed by atoms with E-state index in [1.54, 1.807) is 6.20 Å². The standard InChI is InChI=1S/C29H32N2O4/c1-29(2,3)35-28(34)31-18-24(15-23-9-5-7-20(12-13-32)27(23)33)25-16-22(10-11-26(25)31)21-8-4-6-19(14-21)17-30/h4-11,14,16,18,32-33H,12-13,15,17,30H2,1-3H3. The molecule has 0 saturated carbocycles. The topological polar surface area (TPSA) is 97.7 Å². The number of hydrogen-bond acceptors (Lipinski definition) is 5. The van der Waals surface area contributed by atoms with Crippen LogP contribution < -0.4 is 5.73 Å². The van der Waals surface area contributed by atoms with Gasteiger partial charge in [-0.05, 0) is 78.8 Å². The van der Waals surface area contributed by atoms with E-state index in [1.165, 1.54) is 4.57 Å². The summed E-state index contributed by atoms with van der Waals surface area (Å²) in [4.78, 5) is 13.0. The van der Waals surface area contributed by atoms with Crippen molar-refractivity contribution in [1.29, 1.82) is 0 Å². The summed E-state index contributed by atoms with van der Waals surface area (Å²) in [5.74, 6) is 0.173. The van der Waals surface area contributed by atoms with Crippen molar-refractivity contribution >= 4 is 17.0 Å². The molecule has 0 spiro atoms. The minimum absolute atomic E-state index is 0.0415. The zero-order valence-corrected chi connectivity index (χ0v) is 20.4. The van der Waals surface area contributed by atoms with Crippen molar-refractivity contribution in [1.82, 2.24) is 4.57 Å². The molecule has 4 N–H and O–H groups in total. The second kappa shape index (κ2) is 9.94. The number of phenolic OH excluding ortho intramolecular Hbond substituents is 1. The monoisotopic (exact) mass is 472 g/mol. The van der Waals surface area contributed by atoms with Gasteiger partial charge in [-0.25, -0.2) is 4.79 Å². The Morgan fingerprint density at radius 3 is 2.40 bits per heavy atom. The van der Waals surface area contributed by atoms with E-state index >= 15 is 0 Å². The van der Waals surface area contributed by atoms with Crippen LogP contribution in [0.5, 0.6) is 5.75 Å². The predicted octanol–water partition coefficient (Wildman–Crippen LogP) is 5.38. The van der Waals surface area contributed by atoms with Crippen LogP contribution >= 0.6 is 0 Å². The SMILES string of the molecule is CC(C)(C)OC(=O)n1cc(Cc2cccc(CCO)c2O)c2cc(-c3cccc(CN)c3)ccc21. The Hall–Kier alpha value is -3.61. The summed E-state index contributed by atoms with van der Waals surface area (Å²) < 4.78 is 7.18. The lowest BCUT2D eigenvalue weighted by Crippen LogP contribution is -2.26. The summed E-state index contributed by atoms with van der Waals surface area (Å²) in [5, 5.41) is 21.0. The van der Waals surface area contributed by atoms with Gasteiger partial charge in [-0.3, -0.25) is 4.57 Å². The number of fused-ring (bicyclic) bond motifs is 1. The second-order valence-corrected chi connectivity index (χ2v) is 9.72. The number of ether oxygens (including phenoxy) is 1. The molecule has 4 aromatic rings. The van der Waals surface area contributed by atoms with Crippen LogP contribution in [-0.4, -0.2) is 33.1 Å². The van der Waals surface area contributed by atoms with Gasteiger partial charge in [0, 0.05) is 31.2 Å². The van der Waals surface area contributed by atoms with E-state index in [9.17, 15) is 15.0 Å². The van der Waals surface area contributed by atoms with Gasteiger partial charge in [-0.15, -0.1) is 0 Å². The van der Waals surface area contributed by atoms with Gasteiger partial charge in [0.05, 0.1) is 5.52 Å². The molecular weight excluding hydrogens is 440 g/mol. The summed E-state index contributed by atoms with van der Waals surface area (Å²) in [6, 6.07) is 19.6. The Labute approximate surface area is 205 Å². The maximum atomic E-state index is 13.0. The highest BCUT2D eigenvalue weighted by molar-refractivity contribution is 5.95. The summed E-state index contributed by atoms with van der Waals surface area (Å²) in [6.45, 7) is 5.93. The van der Waals surface area contributed by atoms with Gasteiger partial charge >= 0.3 is 6.09 Å². The molecule has 0 aliphatic carbocycles. The molecule has 1 aromatic heterocycles. The summed E-state index contributed by atoms with van der Waals surface area (Å²) in [7, 11) is 0. The van der Waals surface area contributed by atoms with Gasteiger partial charge in [0.25, 0.3) is 0 Å². The van der Waals surface area contributed by atoms with Crippen molar-refractivity contribution in [2.45, 2.75) is 45.8 Å². The molecule has 0 atom stereocenters. The third-order valence-electron chi connectivity index (χ3n) is 5.94. The fraction of sp³-hybridized carbons (Fsp3) is 0.276. The fourth-order valence-corrected chi connectivity index (χ4v) is 4.27. The minimum Gasteiger partial charge on any atom is -0.507 e. The number of benzene rings is 3. The highest BCUT2D eigenvalue weighted by Crippen LogP contribution is 2.33. The molecular formula is C29H32N2O4. The molecule has 6 nitrogen and oxygen atoms in total. The Morgan fingerprint density at radius 2 is 1.69 bits per heavy atom. The molecule has 1 heterocycles. The highest BCUT2D eigenvalue weighted by atomic mass is 16.6. The van der Waals surface area contributed by atoms with E-state index in [0.717, 1.165) is 38.7 Å². The molecule has 0 radical (unpaired) electrons. The molecule has 0 aliphatic heterocycles. The Morgan fingerprint density at radius 1 is 0.971 bits per heavy atom. The number of para-hydroxylation sites is 1. The van der Waals surface area contributed by atoms with E-state index in [2.05, 4.69) is 12.1 Å². The highest BCUT2D eigenvalue weighted by Gasteiger charge is 2.22. The molecule has 4 rings (SSSR count). The largest absolute Gasteiger partial charge is 0.507 e. The van der Waals surface area contributed by atoms with Crippen LogP contribution in [0.25, 0.3) is 22.0 Å². The first-order valence-electron chi connectivity index (χ1n) is 11.8. The van der Waals surface area contributed by atoms with Crippen molar-refractivity contribution in [2.75, 3.05) is 6.61 Å². The van der Waals surface area contributed by atoms with Crippen LogP contribution in [-0.2, 0) is 24.1 Å². The van der Waals surface area contributed by atoms with Gasteiger partial charge in [-0.1, -0.05) is 42.5 Å². The number of carbonyl (C=O) groups excluding carboxylic acids is 1. The number of aromatic hydroxyl groups is 1. The zero-order valence-electron chi connectivity index (χ0n) is 20.4. The first-order chi connectivity index (χ1) is 16.7. The van der Waals surface area contributed by atoms with Gasteiger partial charge in [0.15, 0.2) is 0 Å². The lowest BCUT2D eigenvalue weighted by atomic mass is 9.97. The summed E-state index contributed by atoms with van der Waals surface area (Å²) in [5.41, 5.74) is 11.3. The fourth-order valence-electron chi connectivity index (χ4n) is 4.27. The molecule has 0 saturated heterocycles. The minimum atomic E-state index is -0.632. The Kier molecular flexibility index (Phi) is 6.96. The molecule has 3 aromatic carbocycles. The zero-order chi connectivity index (χ0) is 25.2. The number of hydrogen-bond donors (Lipinski definition) is 3. The normalized spacial score (nSPS) is 11.7. The smallest absolute Gasteiger partial charge is 0.419 e. The molecule has 0 unspecified atom stereocenters. The number of nitrogens with two attached hydrogens (primary N) is 1. The third-order valence-corrected chi connectivity index (χ3v) is 5.94. The van der Waals surface area contributed by atoms with Crippen LogP contribution in [0.3, 0.4) is 0 Å². The maximum Gasteiger partial charge on any atom is 0.419 e. The van der Waals surface area contributed by atoms with Gasteiger partial charge in [-0.2, -0.15) is 0 Å². The molecule has 6 heteroatoms. The number of carbonyl (C=O) groups is 1. The molecule has 182 valence electrons. The van der Waals surface area contributed by atoms with Crippen LogP contribution in [0.2, 0.25) is 0 Å². The summed E-state index contributed by atoms with van der Waals surface area (Å²) in [6.07, 6.45) is 2.13. The molecule has 0 aliphatic rings. The number of aliphatic hydroxyl groups is 1. The van der Waals surface area contributed by atoms with Crippen LogP contribution in [0.4, 0.5) is 4.79 Å². The lowest BCUT2D eigenvalue weighted by molar-refractivity contribution is 0.0544. The van der Waals surface area contributed by atoms with Crippen molar-refractivity contribution in [3.05, 3.63) is 89.1 Å². The molecule has 0 fully saturated rings. The van der Waals surface area contributed by atoms with Crippen molar-refractivity contribution in [2.24, 2.45) is 5.73 Å². The van der Waals surface area contributed by atoms with Crippen molar-refractivity contribution < 1.29 is 19.7 Å². The van der Waals surface area contributed by atoms with E-state index < -0.39 is 11.7 Å². The number of phenols is 1. The van der Waals surface area contributed by atoms with Crippen LogP contribution in [0.15, 0.2) is 66.9 Å². The molecule has 0 amide bonds. The Bertz CT molecular complexity index is 1370. The van der Waals surface area contributed by atoms with E-state index in [0.29, 0.717) is 24.9 Å². The molecule has 0 bridgehead atoms. The van der Waals surface area contributed by atoms with Gasteiger partial charge in [0.1, 0.15) is 11.4 Å². The van der Waals surface area contributed by atoms with Crippen LogP contribution in [0.1, 0.15) is 43.0 Å². The third kappa shape index (κ3) is 5.39. The molecule has 35 heavy (non-hydrogen) atoms. The van der Waals surface area contributed by atoms with E-state index in [-0.39, 0.29) is 12.4 Å². The first-order valence-corrected chi connectivity index (χ1v) is 11.8. The number of nitrogens with zero attached hydrogens (tertiary/aromatic N) is 1. The van der Waals surface area contributed by atoms with E-state index in [1.807, 2.05) is 69.3 Å². The average Bonchev–Trinajstić information content (AvgIpc) is 3.18. The van der Waals surface area contributed by atoms with Gasteiger partial charge < -0.3 is 20.7 Å². The van der Waals surface area contributed by atoms with Crippen molar-refractivity contribution in [3.63, 3.8) is 0 Å².